The Kier molecular flexibility index (Phi) is 7.22. The summed E-state index contributed by atoms with van der Waals surface area (Å²) in [5.41, 5.74) is 0.805. The molecule has 0 spiro atoms. The van der Waals surface area contributed by atoms with E-state index in [-0.39, 0.29) is 17.8 Å². The fourth-order valence-electron chi connectivity index (χ4n) is 2.99. The molecule has 2 N–H and O–H groups in total. The smallest absolute Gasteiger partial charge is 0.315 e. The van der Waals surface area contributed by atoms with Crippen LogP contribution >= 0.6 is 0 Å². The van der Waals surface area contributed by atoms with E-state index < -0.39 is 6.04 Å². The second-order valence-corrected chi connectivity index (χ2v) is 6.80. The van der Waals surface area contributed by atoms with Crippen LogP contribution in [0.5, 0.6) is 0 Å². The van der Waals surface area contributed by atoms with Crippen LogP contribution < -0.4 is 10.6 Å². The Balaban J connectivity index is 1.85. The van der Waals surface area contributed by atoms with Gasteiger partial charge in [0.1, 0.15) is 11.9 Å². The molecule has 138 valence electrons. The van der Waals surface area contributed by atoms with Crippen molar-refractivity contribution in [2.24, 2.45) is 5.92 Å². The van der Waals surface area contributed by atoms with Gasteiger partial charge in [0.25, 0.3) is 0 Å². The van der Waals surface area contributed by atoms with E-state index in [9.17, 15) is 14.0 Å². The second kappa shape index (κ2) is 9.39. The Bertz CT molecular complexity index is 569. The maximum Gasteiger partial charge on any atom is 0.315 e. The molecule has 1 fully saturated rings. The summed E-state index contributed by atoms with van der Waals surface area (Å²) >= 11 is 0. The number of carbonyl (C=O) groups is 2. The normalized spacial score (nSPS) is 16.4. The average Bonchev–Trinajstić information content (AvgIpc) is 2.61. The number of hydrogen-bond acceptors (Lipinski definition) is 2. The fourth-order valence-corrected chi connectivity index (χ4v) is 2.99. The molecule has 3 amide bonds. The van der Waals surface area contributed by atoms with Gasteiger partial charge in [0.2, 0.25) is 5.91 Å². The molecule has 1 aromatic rings. The van der Waals surface area contributed by atoms with Gasteiger partial charge in [-0.05, 0) is 42.9 Å². The predicted octanol–water partition coefficient (Wildman–Crippen LogP) is 3.05. The van der Waals surface area contributed by atoms with E-state index in [1.165, 1.54) is 12.1 Å². The van der Waals surface area contributed by atoms with Crippen LogP contribution in [0, 0.1) is 11.7 Å². The third-order valence-electron chi connectivity index (χ3n) is 4.64. The number of nitrogens with zero attached hydrogens (tertiary/aromatic N) is 1. The molecule has 6 heteroatoms. The molecule has 0 aliphatic carbocycles. The van der Waals surface area contributed by atoms with Crippen molar-refractivity contribution >= 4 is 11.9 Å². The number of benzene rings is 1. The zero-order valence-electron chi connectivity index (χ0n) is 15.1. The van der Waals surface area contributed by atoms with E-state index in [1.807, 2.05) is 11.8 Å². The first kappa shape index (κ1) is 19.2. The summed E-state index contributed by atoms with van der Waals surface area (Å²) < 4.78 is 12.9. The lowest BCUT2D eigenvalue weighted by atomic mass is 9.98. The highest BCUT2D eigenvalue weighted by molar-refractivity contribution is 5.87. The van der Waals surface area contributed by atoms with Crippen molar-refractivity contribution in [3.63, 3.8) is 0 Å². The molecule has 1 aromatic carbocycles. The Morgan fingerprint density at radius 2 is 1.88 bits per heavy atom. The molecule has 1 saturated heterocycles. The number of rotatable bonds is 6. The van der Waals surface area contributed by atoms with E-state index in [0.29, 0.717) is 18.9 Å². The van der Waals surface area contributed by atoms with E-state index in [2.05, 4.69) is 17.6 Å². The number of likely N-dealkylation sites (tertiary alicyclic amines) is 1. The van der Waals surface area contributed by atoms with Crippen LogP contribution in [0.3, 0.4) is 0 Å². The first-order valence-corrected chi connectivity index (χ1v) is 9.07. The minimum Gasteiger partial charge on any atom is -0.341 e. The van der Waals surface area contributed by atoms with Gasteiger partial charge in [0, 0.05) is 19.6 Å². The van der Waals surface area contributed by atoms with E-state index >= 15 is 0 Å². The molecule has 1 heterocycles. The van der Waals surface area contributed by atoms with Crippen molar-refractivity contribution in [1.29, 1.82) is 0 Å². The zero-order chi connectivity index (χ0) is 18.2. The molecule has 25 heavy (non-hydrogen) atoms. The summed E-state index contributed by atoms with van der Waals surface area (Å²) in [4.78, 5) is 26.7. The minimum atomic E-state index is -0.494. The highest BCUT2D eigenvalue weighted by Crippen LogP contribution is 2.17. The predicted molar refractivity (Wildman–Crippen MR) is 95.4 cm³/mol. The fraction of sp³-hybridized carbons (Fsp3) is 0.579. The van der Waals surface area contributed by atoms with Crippen molar-refractivity contribution in [2.75, 3.05) is 13.1 Å². The first-order valence-electron chi connectivity index (χ1n) is 9.07. The average molecular weight is 349 g/mol. The summed E-state index contributed by atoms with van der Waals surface area (Å²) in [6.07, 6.45) is 3.47. The van der Waals surface area contributed by atoms with Crippen molar-refractivity contribution < 1.29 is 14.0 Å². The third-order valence-corrected chi connectivity index (χ3v) is 4.64. The number of carbonyl (C=O) groups excluding carboxylic acids is 2. The lowest BCUT2D eigenvalue weighted by Gasteiger charge is -2.33. The lowest BCUT2D eigenvalue weighted by molar-refractivity contribution is -0.134. The van der Waals surface area contributed by atoms with Gasteiger partial charge in [-0.2, -0.15) is 0 Å². The Labute approximate surface area is 149 Å². The summed E-state index contributed by atoms with van der Waals surface area (Å²) in [7, 11) is 0. The van der Waals surface area contributed by atoms with Gasteiger partial charge in [-0.3, -0.25) is 4.79 Å². The Morgan fingerprint density at radius 1 is 1.24 bits per heavy atom. The summed E-state index contributed by atoms with van der Waals surface area (Å²) in [6, 6.07) is 5.09. The van der Waals surface area contributed by atoms with Gasteiger partial charge in [0.15, 0.2) is 0 Å². The number of amides is 3. The maximum atomic E-state index is 12.9. The standard InChI is InChI=1S/C19H28FN3O2/c1-3-4-17(18(24)23-11-9-14(2)10-12-23)22-19(25)21-13-15-5-7-16(20)8-6-15/h5-8,14,17H,3-4,9-13H2,1-2H3,(H2,21,22,25)/t17-/m0/s1. The topological polar surface area (TPSA) is 61.4 Å². The van der Waals surface area contributed by atoms with Gasteiger partial charge in [-0.25, -0.2) is 9.18 Å². The van der Waals surface area contributed by atoms with E-state index in [0.717, 1.165) is 37.9 Å². The molecule has 2 rings (SSSR count). The molecule has 0 bridgehead atoms. The number of halogens is 1. The number of hydrogen-bond donors (Lipinski definition) is 2. The van der Waals surface area contributed by atoms with Gasteiger partial charge in [0.05, 0.1) is 0 Å². The molecule has 1 aliphatic rings. The molecule has 0 radical (unpaired) electrons. The lowest BCUT2D eigenvalue weighted by Crippen LogP contribution is -2.52. The minimum absolute atomic E-state index is 0.00526. The van der Waals surface area contributed by atoms with Crippen LogP contribution in [-0.4, -0.2) is 36.0 Å². The van der Waals surface area contributed by atoms with Gasteiger partial charge < -0.3 is 15.5 Å². The number of nitrogens with one attached hydrogen (secondary N) is 2. The zero-order valence-corrected chi connectivity index (χ0v) is 15.1. The van der Waals surface area contributed by atoms with Crippen molar-refractivity contribution in [3.05, 3.63) is 35.6 Å². The largest absolute Gasteiger partial charge is 0.341 e. The third kappa shape index (κ3) is 6.03. The van der Waals surface area contributed by atoms with Crippen LogP contribution in [0.25, 0.3) is 0 Å². The molecular formula is C19H28FN3O2. The second-order valence-electron chi connectivity index (χ2n) is 6.80. The SMILES string of the molecule is CCC[C@H](NC(=O)NCc1ccc(F)cc1)C(=O)N1CCC(C)CC1. The molecule has 0 unspecified atom stereocenters. The highest BCUT2D eigenvalue weighted by Gasteiger charge is 2.27. The van der Waals surface area contributed by atoms with Crippen molar-refractivity contribution in [2.45, 2.75) is 52.1 Å². The molecule has 1 aliphatic heterocycles. The monoisotopic (exact) mass is 349 g/mol. The van der Waals surface area contributed by atoms with Gasteiger partial charge in [-0.1, -0.05) is 32.4 Å². The van der Waals surface area contributed by atoms with Crippen LogP contribution in [0.1, 0.15) is 45.1 Å². The van der Waals surface area contributed by atoms with Crippen LogP contribution in [0.15, 0.2) is 24.3 Å². The Hall–Kier alpha value is -2.11. The van der Waals surface area contributed by atoms with Gasteiger partial charge >= 0.3 is 6.03 Å². The van der Waals surface area contributed by atoms with E-state index in [4.69, 9.17) is 0 Å². The van der Waals surface area contributed by atoms with Crippen molar-refractivity contribution in [3.8, 4) is 0 Å². The summed E-state index contributed by atoms with van der Waals surface area (Å²) in [5.74, 6) is 0.351. The van der Waals surface area contributed by atoms with Crippen molar-refractivity contribution in [1.82, 2.24) is 15.5 Å². The maximum absolute atomic E-state index is 12.9. The number of urea groups is 1. The van der Waals surface area contributed by atoms with E-state index in [1.54, 1.807) is 12.1 Å². The quantitative estimate of drug-likeness (QED) is 0.829. The van der Waals surface area contributed by atoms with Crippen LogP contribution in [0.4, 0.5) is 9.18 Å². The van der Waals surface area contributed by atoms with Crippen LogP contribution in [0.2, 0.25) is 0 Å². The highest BCUT2D eigenvalue weighted by atomic mass is 19.1. The molecule has 5 nitrogen and oxygen atoms in total. The van der Waals surface area contributed by atoms with Gasteiger partial charge in [-0.15, -0.1) is 0 Å². The summed E-state index contributed by atoms with van der Waals surface area (Å²) in [6.45, 7) is 6.02. The molecule has 1 atom stereocenters. The Morgan fingerprint density at radius 3 is 2.48 bits per heavy atom. The molecular weight excluding hydrogens is 321 g/mol. The molecule has 0 saturated carbocycles. The summed E-state index contributed by atoms with van der Waals surface area (Å²) in [5, 5.41) is 5.52. The first-order chi connectivity index (χ1) is 12.0. The molecule has 0 aromatic heterocycles. The van der Waals surface area contributed by atoms with Crippen LogP contribution in [-0.2, 0) is 11.3 Å². The number of piperidine rings is 1.